The van der Waals surface area contributed by atoms with Gasteiger partial charge in [-0.1, -0.05) is 28.1 Å². The molecule has 0 bridgehead atoms. The van der Waals surface area contributed by atoms with Gasteiger partial charge in [-0.05, 0) is 31.9 Å². The Kier molecular flexibility index (Phi) is 4.99. The number of para-hydroxylation sites is 1. The summed E-state index contributed by atoms with van der Waals surface area (Å²) in [6.45, 7) is 2.47. The van der Waals surface area contributed by atoms with Crippen LogP contribution < -0.4 is 10.3 Å². The van der Waals surface area contributed by atoms with Crippen LogP contribution in [0.15, 0.2) is 29.1 Å². The molecular formula is C17H19BrN4O2. The van der Waals surface area contributed by atoms with Crippen molar-refractivity contribution in [2.75, 3.05) is 11.9 Å². The number of ether oxygens (including phenoxy) is 1. The Morgan fingerprint density at radius 3 is 2.88 bits per heavy atom. The number of aryl methyl sites for hydroxylation is 2. The van der Waals surface area contributed by atoms with Crippen LogP contribution in [0, 0.1) is 0 Å². The number of alkyl halides is 1. The van der Waals surface area contributed by atoms with Crippen molar-refractivity contribution in [2.24, 2.45) is 7.05 Å². The maximum atomic E-state index is 12.5. The Morgan fingerprint density at radius 2 is 2.12 bits per heavy atom. The van der Waals surface area contributed by atoms with Gasteiger partial charge in [0.05, 0.1) is 17.9 Å². The molecular weight excluding hydrogens is 372 g/mol. The smallest absolute Gasteiger partial charge is 0.277 e. The summed E-state index contributed by atoms with van der Waals surface area (Å²) in [7, 11) is 1.77. The van der Waals surface area contributed by atoms with Gasteiger partial charge in [-0.2, -0.15) is 5.10 Å². The molecule has 7 heteroatoms. The van der Waals surface area contributed by atoms with Gasteiger partial charge in [0.2, 0.25) is 0 Å². The van der Waals surface area contributed by atoms with E-state index >= 15 is 0 Å². The Morgan fingerprint density at radius 1 is 1.33 bits per heavy atom. The standard InChI is InChI=1S/C17H19BrN4O2/c1-3-24-13-9-5-4-7-11(13)16-19-14-12(8-6-10-18)21-22(2)15(14)17(23)20-16/h4-5,7,9H,3,6,8,10H2,1-2H3,(H,19,20,23). The van der Waals surface area contributed by atoms with Crippen molar-refractivity contribution in [2.45, 2.75) is 19.8 Å². The van der Waals surface area contributed by atoms with Gasteiger partial charge < -0.3 is 9.72 Å². The summed E-state index contributed by atoms with van der Waals surface area (Å²) in [6, 6.07) is 7.56. The molecule has 0 unspecified atom stereocenters. The van der Waals surface area contributed by atoms with Crippen LogP contribution in [0.1, 0.15) is 19.0 Å². The monoisotopic (exact) mass is 390 g/mol. The van der Waals surface area contributed by atoms with Crippen molar-refractivity contribution >= 4 is 27.0 Å². The number of aromatic amines is 1. The van der Waals surface area contributed by atoms with Crippen molar-refractivity contribution in [1.29, 1.82) is 0 Å². The molecule has 0 atom stereocenters. The zero-order valence-electron chi connectivity index (χ0n) is 13.7. The summed E-state index contributed by atoms with van der Waals surface area (Å²) in [4.78, 5) is 20.1. The number of H-pyrrole nitrogens is 1. The number of fused-ring (bicyclic) bond motifs is 1. The molecule has 6 nitrogen and oxygen atoms in total. The average Bonchev–Trinajstić information content (AvgIpc) is 2.90. The van der Waals surface area contributed by atoms with Crippen LogP contribution in [0.25, 0.3) is 22.4 Å². The lowest BCUT2D eigenvalue weighted by Crippen LogP contribution is -2.12. The first-order valence-electron chi connectivity index (χ1n) is 7.89. The van der Waals surface area contributed by atoms with E-state index in [2.05, 4.69) is 31.0 Å². The predicted octanol–water partition coefficient (Wildman–Crippen LogP) is 3.05. The van der Waals surface area contributed by atoms with Gasteiger partial charge in [-0.25, -0.2) is 4.98 Å². The molecule has 2 heterocycles. The molecule has 0 fully saturated rings. The molecule has 24 heavy (non-hydrogen) atoms. The number of halogens is 1. The maximum absolute atomic E-state index is 12.5. The van der Waals surface area contributed by atoms with Crippen LogP contribution in [-0.4, -0.2) is 31.7 Å². The van der Waals surface area contributed by atoms with Crippen LogP contribution in [0.4, 0.5) is 0 Å². The summed E-state index contributed by atoms with van der Waals surface area (Å²) in [6.07, 6.45) is 1.71. The van der Waals surface area contributed by atoms with Crippen molar-refractivity contribution in [3.05, 3.63) is 40.3 Å². The van der Waals surface area contributed by atoms with E-state index in [0.29, 0.717) is 29.2 Å². The summed E-state index contributed by atoms with van der Waals surface area (Å²) < 4.78 is 7.25. The second-order valence-electron chi connectivity index (χ2n) is 5.40. The molecule has 3 rings (SSSR count). The molecule has 1 aromatic carbocycles. The molecule has 0 saturated carbocycles. The van der Waals surface area contributed by atoms with E-state index in [-0.39, 0.29) is 5.56 Å². The number of benzene rings is 1. The second kappa shape index (κ2) is 7.17. The van der Waals surface area contributed by atoms with E-state index in [1.807, 2.05) is 31.2 Å². The average molecular weight is 391 g/mol. The number of nitrogens with one attached hydrogen (secondary N) is 1. The Balaban J connectivity index is 2.19. The maximum Gasteiger partial charge on any atom is 0.277 e. The third-order valence-corrected chi connectivity index (χ3v) is 4.31. The van der Waals surface area contributed by atoms with Gasteiger partial charge in [0, 0.05) is 12.4 Å². The fourth-order valence-corrected chi connectivity index (χ4v) is 3.00. The fraction of sp³-hybridized carbons (Fsp3) is 0.353. The molecule has 3 aromatic rings. The van der Waals surface area contributed by atoms with Crippen molar-refractivity contribution < 1.29 is 4.74 Å². The topological polar surface area (TPSA) is 72.8 Å². The van der Waals surface area contributed by atoms with Gasteiger partial charge >= 0.3 is 0 Å². The third kappa shape index (κ3) is 3.08. The first kappa shape index (κ1) is 16.7. The van der Waals surface area contributed by atoms with E-state index < -0.39 is 0 Å². The number of rotatable bonds is 6. The van der Waals surface area contributed by atoms with Crippen LogP contribution in [0.3, 0.4) is 0 Å². The van der Waals surface area contributed by atoms with E-state index in [0.717, 1.165) is 29.4 Å². The summed E-state index contributed by atoms with van der Waals surface area (Å²) in [5.41, 5.74) is 2.57. The minimum atomic E-state index is -0.193. The highest BCUT2D eigenvalue weighted by molar-refractivity contribution is 9.09. The van der Waals surface area contributed by atoms with Crippen LogP contribution in [-0.2, 0) is 13.5 Å². The van der Waals surface area contributed by atoms with Crippen molar-refractivity contribution in [3.8, 4) is 17.1 Å². The van der Waals surface area contributed by atoms with E-state index in [1.54, 1.807) is 11.7 Å². The zero-order valence-corrected chi connectivity index (χ0v) is 15.3. The van der Waals surface area contributed by atoms with Gasteiger partial charge in [-0.3, -0.25) is 9.48 Å². The molecule has 0 aliphatic carbocycles. The molecule has 2 aromatic heterocycles. The number of hydrogen-bond acceptors (Lipinski definition) is 4. The third-order valence-electron chi connectivity index (χ3n) is 3.75. The fourth-order valence-electron chi connectivity index (χ4n) is 2.72. The molecule has 0 aliphatic rings. The van der Waals surface area contributed by atoms with Crippen LogP contribution in [0.5, 0.6) is 5.75 Å². The SMILES string of the molecule is CCOc1ccccc1-c1nc2c(CCCBr)nn(C)c2c(=O)[nH]1. The van der Waals surface area contributed by atoms with Gasteiger partial charge in [0.15, 0.2) is 5.52 Å². The van der Waals surface area contributed by atoms with Crippen LogP contribution in [0.2, 0.25) is 0 Å². The zero-order chi connectivity index (χ0) is 17.1. The highest BCUT2D eigenvalue weighted by atomic mass is 79.9. The highest BCUT2D eigenvalue weighted by Crippen LogP contribution is 2.28. The van der Waals surface area contributed by atoms with E-state index in [4.69, 9.17) is 4.74 Å². The number of aromatic nitrogens is 4. The molecule has 1 N–H and O–H groups in total. The van der Waals surface area contributed by atoms with Gasteiger partial charge in [0.1, 0.15) is 17.1 Å². The largest absolute Gasteiger partial charge is 0.493 e. The Bertz CT molecular complexity index is 917. The second-order valence-corrected chi connectivity index (χ2v) is 6.20. The van der Waals surface area contributed by atoms with Crippen molar-refractivity contribution in [3.63, 3.8) is 0 Å². The van der Waals surface area contributed by atoms with E-state index in [9.17, 15) is 4.79 Å². The van der Waals surface area contributed by atoms with Crippen molar-refractivity contribution in [1.82, 2.24) is 19.7 Å². The normalized spacial score (nSPS) is 11.1. The molecule has 126 valence electrons. The lowest BCUT2D eigenvalue weighted by molar-refractivity contribution is 0.341. The molecule has 0 aliphatic heterocycles. The summed E-state index contributed by atoms with van der Waals surface area (Å²) in [5.74, 6) is 1.21. The minimum absolute atomic E-state index is 0.193. The highest BCUT2D eigenvalue weighted by Gasteiger charge is 2.17. The molecule has 0 radical (unpaired) electrons. The van der Waals surface area contributed by atoms with E-state index in [1.165, 1.54) is 0 Å². The first-order valence-corrected chi connectivity index (χ1v) is 9.02. The quantitative estimate of drug-likeness (QED) is 0.656. The van der Waals surface area contributed by atoms with Gasteiger partial charge in [0.25, 0.3) is 5.56 Å². The first-order chi connectivity index (χ1) is 11.7. The summed E-state index contributed by atoms with van der Waals surface area (Å²) in [5, 5.41) is 5.35. The molecule has 0 amide bonds. The molecule has 0 saturated heterocycles. The Hall–Kier alpha value is -2.15. The number of hydrogen-bond donors (Lipinski definition) is 1. The minimum Gasteiger partial charge on any atom is -0.493 e. The predicted molar refractivity (Wildman–Crippen MR) is 97.8 cm³/mol. The molecule has 0 spiro atoms. The Labute approximate surface area is 148 Å². The van der Waals surface area contributed by atoms with Crippen LogP contribution >= 0.6 is 15.9 Å². The number of nitrogens with zero attached hydrogens (tertiary/aromatic N) is 3. The lowest BCUT2D eigenvalue weighted by atomic mass is 10.1. The lowest BCUT2D eigenvalue weighted by Gasteiger charge is -2.09. The summed E-state index contributed by atoms with van der Waals surface area (Å²) >= 11 is 3.43. The van der Waals surface area contributed by atoms with Gasteiger partial charge in [-0.15, -0.1) is 0 Å².